The number of nitrogens with zero attached hydrogens (tertiary/aromatic N) is 5. The number of fused-ring (bicyclic) bond motifs is 2. The number of benzene rings is 2. The van der Waals surface area contributed by atoms with E-state index >= 15 is 4.79 Å². The molecule has 2 bridgehead atoms. The molecule has 3 aliphatic rings. The van der Waals surface area contributed by atoms with E-state index in [-0.39, 0.29) is 61.9 Å². The molecule has 1 spiro atoms. The minimum Gasteiger partial charge on any atom is -0.455 e. The van der Waals surface area contributed by atoms with Gasteiger partial charge in [0.05, 0.1) is 36.1 Å². The van der Waals surface area contributed by atoms with E-state index in [1.165, 1.54) is 7.11 Å². The predicted octanol–water partition coefficient (Wildman–Crippen LogP) is 4.09. The van der Waals surface area contributed by atoms with Crippen molar-refractivity contribution in [3.05, 3.63) is 85.5 Å². The topological polar surface area (TPSA) is 165 Å². The molecule has 3 saturated heterocycles. The van der Waals surface area contributed by atoms with Crippen molar-refractivity contribution in [2.45, 2.75) is 86.3 Å². The zero-order chi connectivity index (χ0) is 39.8. The average molecular weight is 836 g/mol. The maximum absolute atomic E-state index is 15.0. The highest BCUT2D eigenvalue weighted by molar-refractivity contribution is 9.09. The molecule has 2 aromatic carbocycles. The maximum atomic E-state index is 15.0. The molecule has 3 aromatic rings. The van der Waals surface area contributed by atoms with Crippen molar-refractivity contribution < 1.29 is 38.5 Å². The molecule has 56 heavy (non-hydrogen) atoms. The number of hydrogen-bond donors (Lipinski definition) is 2. The summed E-state index contributed by atoms with van der Waals surface area (Å²) < 4.78 is 20.3. The lowest BCUT2D eigenvalue weighted by Gasteiger charge is -2.37. The molecule has 4 heterocycles. The minimum atomic E-state index is -1.33. The van der Waals surface area contributed by atoms with Gasteiger partial charge in [-0.3, -0.25) is 19.2 Å². The van der Waals surface area contributed by atoms with Crippen molar-refractivity contribution in [3.8, 4) is 0 Å². The number of carbonyl (C=O) groups excluding carboxylic acids is 4. The zero-order valence-corrected chi connectivity index (χ0v) is 33.3. The van der Waals surface area contributed by atoms with Crippen LogP contribution in [0.4, 0.5) is 0 Å². The number of nitrogens with one attached hydrogen (secondary N) is 1. The first-order valence-corrected chi connectivity index (χ1v) is 20.2. The molecule has 14 nitrogen and oxygen atoms in total. The second-order valence-electron chi connectivity index (χ2n) is 14.6. The number of esters is 1. The average Bonchev–Trinajstić information content (AvgIpc) is 3.92. The number of alkyl halides is 1. The molecule has 3 amide bonds. The standard InChI is InChI=1S/C41H51BrN6O8/c1-4-6-20-32(50)43-30(25-54-3)35(27-16-10-9-11-17-27)55-40(53)33-34-38(51)47(22-14-7-8-15-23-49)37(41(34)24-28(42)36(33)56-41)39(52)46(21-5-2)26-48-31-19-13-12-18-29(31)44-45-48/h4-5,9-13,16-19,28,30,33-37,49H,1-2,6-8,14-15,20-26H2,3H3,(H,43,50)/t28?,30-,33+,34-,35-,36+,37+,41-/m0/s1. The van der Waals surface area contributed by atoms with E-state index in [0.29, 0.717) is 36.8 Å². The molecule has 0 radical (unpaired) electrons. The van der Waals surface area contributed by atoms with E-state index in [4.69, 9.17) is 14.2 Å². The number of allylic oxidation sites excluding steroid dienone is 1. The van der Waals surface area contributed by atoms with Crippen molar-refractivity contribution in [2.24, 2.45) is 11.8 Å². The van der Waals surface area contributed by atoms with Crippen LogP contribution in [0.25, 0.3) is 11.0 Å². The summed E-state index contributed by atoms with van der Waals surface area (Å²) in [5.74, 6) is -3.67. The summed E-state index contributed by atoms with van der Waals surface area (Å²) >= 11 is 3.76. The highest BCUT2D eigenvalue weighted by atomic mass is 79.9. The molecule has 3 aliphatic heterocycles. The number of carbonyl (C=O) groups is 4. The molecule has 1 unspecified atom stereocenters. The molecule has 3 fully saturated rings. The maximum Gasteiger partial charge on any atom is 0.313 e. The molecule has 8 atom stereocenters. The summed E-state index contributed by atoms with van der Waals surface area (Å²) in [6, 6.07) is 14.7. The number of para-hydroxylation sites is 1. The van der Waals surface area contributed by atoms with E-state index in [9.17, 15) is 19.5 Å². The molecule has 2 N–H and O–H groups in total. The molecular formula is C41H51BrN6O8. The van der Waals surface area contributed by atoms with Gasteiger partial charge in [-0.15, -0.1) is 18.3 Å². The quantitative estimate of drug-likeness (QED) is 0.0692. The van der Waals surface area contributed by atoms with Crippen LogP contribution < -0.4 is 5.32 Å². The molecule has 1 aromatic heterocycles. The lowest BCUT2D eigenvalue weighted by atomic mass is 9.70. The highest BCUT2D eigenvalue weighted by Gasteiger charge is 2.77. The van der Waals surface area contributed by atoms with Gasteiger partial charge in [-0.2, -0.15) is 0 Å². The van der Waals surface area contributed by atoms with E-state index in [0.717, 1.165) is 18.4 Å². The minimum absolute atomic E-state index is 0.0471. The highest BCUT2D eigenvalue weighted by Crippen LogP contribution is 2.60. The van der Waals surface area contributed by atoms with Crippen LogP contribution in [-0.4, -0.2) is 116 Å². The van der Waals surface area contributed by atoms with Crippen molar-refractivity contribution in [1.29, 1.82) is 0 Å². The van der Waals surface area contributed by atoms with Gasteiger partial charge in [0, 0.05) is 38.1 Å². The van der Waals surface area contributed by atoms with Crippen molar-refractivity contribution in [1.82, 2.24) is 30.1 Å². The van der Waals surface area contributed by atoms with Crippen molar-refractivity contribution in [3.63, 3.8) is 0 Å². The number of amides is 3. The third-order valence-electron chi connectivity index (χ3n) is 11.0. The van der Waals surface area contributed by atoms with Crippen LogP contribution in [-0.2, 0) is 40.1 Å². The Balaban J connectivity index is 1.33. The summed E-state index contributed by atoms with van der Waals surface area (Å²) in [6.07, 6.45) is 5.26. The Morgan fingerprint density at radius 1 is 1.11 bits per heavy atom. The summed E-state index contributed by atoms with van der Waals surface area (Å²) in [4.78, 5) is 60.3. The summed E-state index contributed by atoms with van der Waals surface area (Å²) in [6.45, 7) is 8.19. The molecule has 0 saturated carbocycles. The predicted molar refractivity (Wildman–Crippen MR) is 211 cm³/mol. The Labute approximate surface area is 335 Å². The summed E-state index contributed by atoms with van der Waals surface area (Å²) in [5.41, 5.74) is 0.722. The van der Waals surface area contributed by atoms with Gasteiger partial charge in [-0.25, -0.2) is 4.68 Å². The monoisotopic (exact) mass is 834 g/mol. The normalized spacial score (nSPS) is 24.8. The second-order valence-corrected chi connectivity index (χ2v) is 15.8. The van der Waals surface area contributed by atoms with Crippen LogP contribution in [0.2, 0.25) is 0 Å². The van der Waals surface area contributed by atoms with Crippen molar-refractivity contribution >= 4 is 50.7 Å². The number of hydrogen-bond acceptors (Lipinski definition) is 10. The van der Waals surface area contributed by atoms with Crippen LogP contribution in [0, 0.1) is 11.8 Å². The Bertz CT molecular complexity index is 1880. The molecule has 6 rings (SSSR count). The van der Waals surface area contributed by atoms with Gasteiger partial charge in [0.2, 0.25) is 17.7 Å². The smallest absolute Gasteiger partial charge is 0.313 e. The van der Waals surface area contributed by atoms with Crippen LogP contribution in [0.1, 0.15) is 56.6 Å². The first-order valence-electron chi connectivity index (χ1n) is 19.2. The fourth-order valence-electron chi connectivity index (χ4n) is 8.52. The third-order valence-corrected chi connectivity index (χ3v) is 11.8. The Morgan fingerprint density at radius 3 is 2.59 bits per heavy atom. The Kier molecular flexibility index (Phi) is 13.7. The molecule has 0 aliphatic carbocycles. The van der Waals surface area contributed by atoms with E-state index in [1.807, 2.05) is 54.6 Å². The molecular weight excluding hydrogens is 784 g/mol. The number of likely N-dealkylation sites (tertiary alicyclic amines) is 1. The van der Waals surface area contributed by atoms with Gasteiger partial charge in [0.15, 0.2) is 0 Å². The van der Waals surface area contributed by atoms with Crippen LogP contribution >= 0.6 is 15.9 Å². The number of rotatable bonds is 21. The Morgan fingerprint density at radius 2 is 1.86 bits per heavy atom. The summed E-state index contributed by atoms with van der Waals surface area (Å²) in [5, 5.41) is 20.9. The van der Waals surface area contributed by atoms with E-state index < -0.39 is 47.7 Å². The number of aliphatic hydroxyl groups is 1. The van der Waals surface area contributed by atoms with Crippen LogP contribution in [0.3, 0.4) is 0 Å². The van der Waals surface area contributed by atoms with Gasteiger partial charge in [-0.05, 0) is 43.4 Å². The first-order chi connectivity index (χ1) is 27.2. The SMILES string of the molecule is C=CCCC(=O)N[C@@H](COC)[C@@H](OC(=O)[C@H]1[C@@H]2O[C@@]3(CC2Br)[C@@H]1C(=O)N(CCCCCCO)[C@@H]3C(=O)N(CC=C)Cn1nnc2ccccc21)c1ccccc1. The van der Waals surface area contributed by atoms with E-state index in [2.05, 4.69) is 44.7 Å². The fourth-order valence-corrected chi connectivity index (χ4v) is 9.46. The largest absolute Gasteiger partial charge is 0.455 e. The second kappa shape index (κ2) is 18.7. The number of methoxy groups -OCH3 is 1. The van der Waals surface area contributed by atoms with Crippen LogP contribution in [0.15, 0.2) is 79.9 Å². The first kappa shape index (κ1) is 41.2. The molecule has 300 valence electrons. The number of ether oxygens (including phenoxy) is 3. The number of unbranched alkanes of at least 4 members (excludes halogenated alkanes) is 3. The number of halogens is 1. The lowest BCUT2D eigenvalue weighted by molar-refractivity contribution is -0.163. The van der Waals surface area contributed by atoms with Crippen molar-refractivity contribution in [2.75, 3.05) is 33.4 Å². The molecule has 15 heteroatoms. The number of aliphatic hydroxyl groups excluding tert-OH is 1. The van der Waals surface area contributed by atoms with Gasteiger partial charge < -0.3 is 34.4 Å². The van der Waals surface area contributed by atoms with Gasteiger partial charge in [-0.1, -0.05) is 88.6 Å². The zero-order valence-electron chi connectivity index (χ0n) is 31.7. The number of aromatic nitrogens is 3. The summed E-state index contributed by atoms with van der Waals surface area (Å²) in [7, 11) is 1.50. The van der Waals surface area contributed by atoms with Gasteiger partial charge in [0.25, 0.3) is 0 Å². The Hall–Kier alpha value is -4.44. The fraction of sp³-hybridized carbons (Fsp3) is 0.512. The third kappa shape index (κ3) is 8.31. The van der Waals surface area contributed by atoms with Gasteiger partial charge in [0.1, 0.15) is 29.9 Å². The lowest BCUT2D eigenvalue weighted by Crippen LogP contribution is -2.57. The van der Waals surface area contributed by atoms with Crippen LogP contribution in [0.5, 0.6) is 0 Å². The van der Waals surface area contributed by atoms with E-state index in [1.54, 1.807) is 26.6 Å². The van der Waals surface area contributed by atoms with Gasteiger partial charge >= 0.3 is 5.97 Å².